The molecule has 3 rings (SSSR count). The third-order valence-electron chi connectivity index (χ3n) is 2.58. The van der Waals surface area contributed by atoms with Crippen LogP contribution in [-0.4, -0.2) is 13.2 Å². The molecule has 0 radical (unpaired) electrons. The molecule has 90 valence electrons. The first kappa shape index (κ1) is 11.5. The van der Waals surface area contributed by atoms with Crippen molar-refractivity contribution in [3.8, 4) is 11.8 Å². The fourth-order valence-electron chi connectivity index (χ4n) is 1.72. The monoisotopic (exact) mass is 256 g/mol. The molecule has 0 spiro atoms. The van der Waals surface area contributed by atoms with Gasteiger partial charge in [0.15, 0.2) is 6.29 Å². The molecule has 0 bridgehead atoms. The van der Waals surface area contributed by atoms with Crippen molar-refractivity contribution in [3.63, 3.8) is 0 Å². The maximum absolute atomic E-state index is 5.46. The van der Waals surface area contributed by atoms with Gasteiger partial charge < -0.3 is 9.47 Å². The Hall–Kier alpha value is -1.60. The molecule has 1 aliphatic rings. The standard InChI is InChI=1S/C15H12O2S/c1-2-4-12(5-3-1)6-7-13-8-9-14(18-13)15-16-10-11-17-15/h1-5,8-9,15H,10-11H2. The fraction of sp³-hybridized carbons (Fsp3) is 0.200. The number of ether oxygens (including phenoxy) is 2. The van der Waals surface area contributed by atoms with Crippen molar-refractivity contribution >= 4 is 11.3 Å². The van der Waals surface area contributed by atoms with Gasteiger partial charge in [0.05, 0.1) is 23.0 Å². The summed E-state index contributed by atoms with van der Waals surface area (Å²) in [5.74, 6) is 6.31. The Labute approximate surface area is 110 Å². The molecular formula is C15H12O2S. The van der Waals surface area contributed by atoms with E-state index in [1.54, 1.807) is 11.3 Å². The molecule has 1 aliphatic heterocycles. The van der Waals surface area contributed by atoms with Gasteiger partial charge >= 0.3 is 0 Å². The average Bonchev–Trinajstić information content (AvgIpc) is 3.08. The summed E-state index contributed by atoms with van der Waals surface area (Å²) in [6, 6.07) is 14.0. The third-order valence-corrected chi connectivity index (χ3v) is 3.61. The van der Waals surface area contributed by atoms with Crippen LogP contribution in [0.3, 0.4) is 0 Å². The predicted octanol–water partition coefficient (Wildman–Crippen LogP) is 3.19. The van der Waals surface area contributed by atoms with Gasteiger partial charge in [-0.2, -0.15) is 0 Å². The van der Waals surface area contributed by atoms with Crippen LogP contribution in [0.25, 0.3) is 0 Å². The second kappa shape index (κ2) is 5.36. The molecule has 0 saturated carbocycles. The van der Waals surface area contributed by atoms with Gasteiger partial charge in [-0.15, -0.1) is 11.3 Å². The summed E-state index contributed by atoms with van der Waals surface area (Å²) in [6.45, 7) is 1.35. The van der Waals surface area contributed by atoms with Crippen LogP contribution in [0.4, 0.5) is 0 Å². The van der Waals surface area contributed by atoms with Crippen molar-refractivity contribution in [3.05, 3.63) is 57.8 Å². The molecule has 2 aromatic rings. The van der Waals surface area contributed by atoms with Crippen LogP contribution in [0.5, 0.6) is 0 Å². The molecule has 2 nitrogen and oxygen atoms in total. The summed E-state index contributed by atoms with van der Waals surface area (Å²) >= 11 is 1.63. The van der Waals surface area contributed by atoms with Gasteiger partial charge in [0.2, 0.25) is 0 Å². The largest absolute Gasteiger partial charge is 0.345 e. The average molecular weight is 256 g/mol. The van der Waals surface area contributed by atoms with Crippen LogP contribution in [0.1, 0.15) is 21.6 Å². The molecular weight excluding hydrogens is 244 g/mol. The number of hydrogen-bond donors (Lipinski definition) is 0. The van der Waals surface area contributed by atoms with E-state index in [1.807, 2.05) is 42.5 Å². The van der Waals surface area contributed by atoms with Crippen molar-refractivity contribution in [2.24, 2.45) is 0 Å². The summed E-state index contributed by atoms with van der Waals surface area (Å²) in [5.41, 5.74) is 1.03. The molecule has 3 heteroatoms. The van der Waals surface area contributed by atoms with E-state index in [-0.39, 0.29) is 6.29 Å². The molecule has 0 atom stereocenters. The second-order valence-corrected chi connectivity index (χ2v) is 5.01. The van der Waals surface area contributed by atoms with Crippen molar-refractivity contribution in [1.82, 2.24) is 0 Å². The fourth-order valence-corrected chi connectivity index (χ4v) is 2.59. The highest BCUT2D eigenvalue weighted by Crippen LogP contribution is 2.29. The van der Waals surface area contributed by atoms with E-state index in [1.165, 1.54) is 0 Å². The van der Waals surface area contributed by atoms with Crippen LogP contribution in [0.15, 0.2) is 42.5 Å². The van der Waals surface area contributed by atoms with Gasteiger partial charge in [-0.25, -0.2) is 0 Å². The Bertz CT molecular complexity index is 571. The highest BCUT2D eigenvalue weighted by Gasteiger charge is 2.19. The zero-order chi connectivity index (χ0) is 12.2. The predicted molar refractivity (Wildman–Crippen MR) is 71.4 cm³/mol. The lowest BCUT2D eigenvalue weighted by Gasteiger charge is -2.03. The van der Waals surface area contributed by atoms with Crippen molar-refractivity contribution in [2.45, 2.75) is 6.29 Å². The Morgan fingerprint density at radius 3 is 2.50 bits per heavy atom. The summed E-state index contributed by atoms with van der Waals surface area (Å²) in [5, 5.41) is 0. The van der Waals surface area contributed by atoms with E-state index in [4.69, 9.17) is 9.47 Å². The van der Waals surface area contributed by atoms with Crippen molar-refractivity contribution in [2.75, 3.05) is 13.2 Å². The summed E-state index contributed by atoms with van der Waals surface area (Å²) < 4.78 is 10.9. The first-order valence-electron chi connectivity index (χ1n) is 5.82. The topological polar surface area (TPSA) is 18.5 Å². The van der Waals surface area contributed by atoms with Crippen LogP contribution in [-0.2, 0) is 9.47 Å². The maximum atomic E-state index is 5.46. The molecule has 1 fully saturated rings. The second-order valence-electron chi connectivity index (χ2n) is 3.89. The molecule has 1 saturated heterocycles. The summed E-state index contributed by atoms with van der Waals surface area (Å²) in [7, 11) is 0. The highest BCUT2D eigenvalue weighted by molar-refractivity contribution is 7.12. The van der Waals surface area contributed by atoms with Gasteiger partial charge in [-0.05, 0) is 24.3 Å². The highest BCUT2D eigenvalue weighted by atomic mass is 32.1. The van der Waals surface area contributed by atoms with E-state index in [0.29, 0.717) is 13.2 Å². The van der Waals surface area contributed by atoms with Crippen LogP contribution in [0.2, 0.25) is 0 Å². The minimum atomic E-state index is -0.192. The van der Waals surface area contributed by atoms with Gasteiger partial charge in [-0.1, -0.05) is 30.0 Å². The lowest BCUT2D eigenvalue weighted by Crippen LogP contribution is -1.93. The molecule has 0 amide bonds. The van der Waals surface area contributed by atoms with E-state index >= 15 is 0 Å². The first-order chi connectivity index (χ1) is 8.92. The SMILES string of the molecule is C(#Cc1ccc(C2OCCO2)s1)c1ccccc1. The third kappa shape index (κ3) is 2.62. The molecule has 18 heavy (non-hydrogen) atoms. The molecule has 2 heterocycles. The Morgan fingerprint density at radius 1 is 0.944 bits per heavy atom. The lowest BCUT2D eigenvalue weighted by atomic mass is 10.2. The van der Waals surface area contributed by atoms with E-state index in [9.17, 15) is 0 Å². The zero-order valence-corrected chi connectivity index (χ0v) is 10.6. The molecule has 0 unspecified atom stereocenters. The number of rotatable bonds is 1. The Kier molecular flexibility index (Phi) is 3.42. The molecule has 0 aliphatic carbocycles. The molecule has 1 aromatic carbocycles. The quantitative estimate of drug-likeness (QED) is 0.729. The van der Waals surface area contributed by atoms with Gasteiger partial charge in [0, 0.05) is 5.56 Å². The first-order valence-corrected chi connectivity index (χ1v) is 6.63. The minimum absolute atomic E-state index is 0.192. The zero-order valence-electron chi connectivity index (χ0n) is 9.76. The molecule has 1 aromatic heterocycles. The van der Waals surface area contributed by atoms with E-state index in [0.717, 1.165) is 15.3 Å². The summed E-state index contributed by atoms with van der Waals surface area (Å²) in [6.07, 6.45) is -0.192. The van der Waals surface area contributed by atoms with E-state index in [2.05, 4.69) is 11.8 Å². The molecule has 0 N–H and O–H groups in total. The normalized spacial score (nSPS) is 15.3. The summed E-state index contributed by atoms with van der Waals surface area (Å²) in [4.78, 5) is 2.12. The maximum Gasteiger partial charge on any atom is 0.193 e. The number of hydrogen-bond acceptors (Lipinski definition) is 3. The van der Waals surface area contributed by atoms with Crippen molar-refractivity contribution in [1.29, 1.82) is 0 Å². The van der Waals surface area contributed by atoms with Crippen molar-refractivity contribution < 1.29 is 9.47 Å². The Balaban J connectivity index is 1.76. The number of benzene rings is 1. The Morgan fingerprint density at radius 2 is 1.72 bits per heavy atom. The number of thiophene rings is 1. The lowest BCUT2D eigenvalue weighted by molar-refractivity contribution is -0.0413. The van der Waals surface area contributed by atoms with Crippen LogP contribution in [0, 0.1) is 11.8 Å². The van der Waals surface area contributed by atoms with Crippen LogP contribution >= 0.6 is 11.3 Å². The smallest absolute Gasteiger partial charge is 0.193 e. The van der Waals surface area contributed by atoms with Gasteiger partial charge in [0.1, 0.15) is 0 Å². The van der Waals surface area contributed by atoms with Crippen LogP contribution < -0.4 is 0 Å². The van der Waals surface area contributed by atoms with Gasteiger partial charge in [0.25, 0.3) is 0 Å². The van der Waals surface area contributed by atoms with E-state index < -0.39 is 0 Å². The minimum Gasteiger partial charge on any atom is -0.345 e. The van der Waals surface area contributed by atoms with Gasteiger partial charge in [-0.3, -0.25) is 0 Å².